The maximum atomic E-state index is 12.6. The maximum Gasteiger partial charge on any atom is 0.265 e. The van der Waals surface area contributed by atoms with E-state index in [9.17, 15) is 13.2 Å². The van der Waals surface area contributed by atoms with E-state index in [1.54, 1.807) is 19.1 Å². The second kappa shape index (κ2) is 9.60. The Morgan fingerprint density at radius 1 is 0.903 bits per heavy atom. The Labute approximate surface area is 191 Å². The van der Waals surface area contributed by atoms with Gasteiger partial charge in [0.05, 0.1) is 10.6 Å². The number of aryl methyl sites for hydroxylation is 1. The Morgan fingerprint density at radius 2 is 1.48 bits per heavy atom. The lowest BCUT2D eigenvalue weighted by Gasteiger charge is -2.15. The molecule has 6 nitrogen and oxygen atoms in total. The third kappa shape index (κ3) is 6.37. The lowest BCUT2D eigenvalue weighted by atomic mass is 10.2. The van der Waals surface area contributed by atoms with E-state index in [4.69, 9.17) is 27.9 Å². The Balaban J connectivity index is 1.64. The van der Waals surface area contributed by atoms with Gasteiger partial charge in [0.25, 0.3) is 15.9 Å². The minimum Gasteiger partial charge on any atom is -0.481 e. The fourth-order valence-electron chi connectivity index (χ4n) is 2.66. The Bertz CT molecular complexity index is 1160. The summed E-state index contributed by atoms with van der Waals surface area (Å²) < 4.78 is 33.2. The van der Waals surface area contributed by atoms with Crippen LogP contribution >= 0.6 is 23.2 Å². The van der Waals surface area contributed by atoms with E-state index < -0.39 is 16.1 Å². The second-order valence-corrected chi connectivity index (χ2v) is 9.41. The normalized spacial score (nSPS) is 12.1. The lowest BCUT2D eigenvalue weighted by molar-refractivity contribution is -0.122. The summed E-state index contributed by atoms with van der Waals surface area (Å²) in [6.45, 7) is 3.59. The number of hydrogen-bond donors (Lipinski definition) is 2. The summed E-state index contributed by atoms with van der Waals surface area (Å²) in [5.41, 5.74) is 1.78. The molecule has 0 unspecified atom stereocenters. The van der Waals surface area contributed by atoms with Crippen molar-refractivity contribution in [1.29, 1.82) is 0 Å². The third-order valence-electron chi connectivity index (χ3n) is 4.25. The van der Waals surface area contributed by atoms with Gasteiger partial charge in [0.15, 0.2) is 6.10 Å². The molecular formula is C22H20Cl2N2O4S. The van der Waals surface area contributed by atoms with Crippen LogP contribution < -0.4 is 14.8 Å². The van der Waals surface area contributed by atoms with Crippen molar-refractivity contribution < 1.29 is 17.9 Å². The summed E-state index contributed by atoms with van der Waals surface area (Å²) >= 11 is 11.8. The Morgan fingerprint density at radius 3 is 2.06 bits per heavy atom. The summed E-state index contributed by atoms with van der Waals surface area (Å²) in [4.78, 5) is 12.4. The van der Waals surface area contributed by atoms with Gasteiger partial charge in [-0.2, -0.15) is 0 Å². The fraction of sp³-hybridized carbons (Fsp3) is 0.136. The lowest BCUT2D eigenvalue weighted by Crippen LogP contribution is -2.30. The zero-order valence-electron chi connectivity index (χ0n) is 16.7. The highest BCUT2D eigenvalue weighted by Crippen LogP contribution is 2.25. The number of benzene rings is 3. The monoisotopic (exact) mass is 478 g/mol. The van der Waals surface area contributed by atoms with Crippen LogP contribution in [0.15, 0.2) is 71.6 Å². The van der Waals surface area contributed by atoms with E-state index in [0.717, 1.165) is 5.56 Å². The number of carbonyl (C=O) groups is 1. The largest absolute Gasteiger partial charge is 0.481 e. The number of halogens is 2. The first-order valence-corrected chi connectivity index (χ1v) is 11.5. The molecule has 0 bridgehead atoms. The van der Waals surface area contributed by atoms with Gasteiger partial charge in [-0.1, -0.05) is 40.9 Å². The van der Waals surface area contributed by atoms with Gasteiger partial charge in [-0.3, -0.25) is 9.52 Å². The predicted molar refractivity (Wildman–Crippen MR) is 124 cm³/mol. The fourth-order valence-corrected chi connectivity index (χ4v) is 4.23. The minimum absolute atomic E-state index is 0.0190. The first-order valence-electron chi connectivity index (χ1n) is 9.25. The molecular weight excluding hydrogens is 459 g/mol. The molecule has 0 aliphatic carbocycles. The van der Waals surface area contributed by atoms with E-state index in [1.165, 1.54) is 42.5 Å². The predicted octanol–water partition coefficient (Wildman–Crippen LogP) is 5.51. The number of sulfonamides is 1. The summed E-state index contributed by atoms with van der Waals surface area (Å²) in [5, 5.41) is 3.32. The third-order valence-corrected chi connectivity index (χ3v) is 6.08. The standard InChI is InChI=1S/C22H20Cl2N2O4S/c1-14-3-7-20(8-4-14)30-15(2)22(27)25-18-5-9-21(10-6-18)31(28,29)26-19-12-16(23)11-17(24)13-19/h3-13,15,26H,1-2H3,(H,25,27)/t15-/m0/s1. The molecule has 1 amide bonds. The highest BCUT2D eigenvalue weighted by Gasteiger charge is 2.17. The van der Waals surface area contributed by atoms with Crippen molar-refractivity contribution in [2.24, 2.45) is 0 Å². The Hall–Kier alpha value is -2.74. The number of nitrogens with one attached hydrogen (secondary N) is 2. The van der Waals surface area contributed by atoms with Gasteiger partial charge in [-0.15, -0.1) is 0 Å². The molecule has 162 valence electrons. The van der Waals surface area contributed by atoms with Crippen molar-refractivity contribution in [3.63, 3.8) is 0 Å². The average molecular weight is 479 g/mol. The van der Waals surface area contributed by atoms with E-state index >= 15 is 0 Å². The molecule has 9 heteroatoms. The van der Waals surface area contributed by atoms with Crippen molar-refractivity contribution >= 4 is 50.5 Å². The number of ether oxygens (including phenoxy) is 1. The van der Waals surface area contributed by atoms with Gasteiger partial charge < -0.3 is 10.1 Å². The summed E-state index contributed by atoms with van der Waals surface area (Å²) in [6, 6.07) is 17.5. The van der Waals surface area contributed by atoms with Crippen LogP contribution in [0.5, 0.6) is 5.75 Å². The summed E-state index contributed by atoms with van der Waals surface area (Å²) in [5.74, 6) is 0.227. The van der Waals surface area contributed by atoms with Crippen LogP contribution in [0.25, 0.3) is 0 Å². The van der Waals surface area contributed by atoms with Gasteiger partial charge >= 0.3 is 0 Å². The SMILES string of the molecule is Cc1ccc(O[C@@H](C)C(=O)Nc2ccc(S(=O)(=O)Nc3cc(Cl)cc(Cl)c3)cc2)cc1. The van der Waals surface area contributed by atoms with Crippen LogP contribution in [0.4, 0.5) is 11.4 Å². The van der Waals surface area contributed by atoms with Crippen LogP contribution in [0.1, 0.15) is 12.5 Å². The molecule has 3 aromatic rings. The number of carbonyl (C=O) groups excluding carboxylic acids is 1. The molecule has 0 aliphatic heterocycles. The number of amides is 1. The minimum atomic E-state index is -3.86. The molecule has 0 heterocycles. The van der Waals surface area contributed by atoms with Crippen LogP contribution in [-0.2, 0) is 14.8 Å². The molecule has 3 aromatic carbocycles. The van der Waals surface area contributed by atoms with Crippen molar-refractivity contribution in [2.45, 2.75) is 24.8 Å². The van der Waals surface area contributed by atoms with Crippen molar-refractivity contribution in [1.82, 2.24) is 0 Å². The molecule has 0 saturated heterocycles. The average Bonchev–Trinajstić information content (AvgIpc) is 2.69. The molecule has 31 heavy (non-hydrogen) atoms. The zero-order chi connectivity index (χ0) is 22.6. The summed E-state index contributed by atoms with van der Waals surface area (Å²) in [6.07, 6.45) is -0.736. The van der Waals surface area contributed by atoms with Crippen LogP contribution in [0, 0.1) is 6.92 Å². The summed E-state index contributed by atoms with van der Waals surface area (Å²) in [7, 11) is -3.86. The molecule has 1 atom stereocenters. The first-order chi connectivity index (χ1) is 14.6. The molecule has 0 spiro atoms. The highest BCUT2D eigenvalue weighted by atomic mass is 35.5. The number of hydrogen-bond acceptors (Lipinski definition) is 4. The van der Waals surface area contributed by atoms with Gasteiger partial charge in [-0.05, 0) is 68.4 Å². The zero-order valence-corrected chi connectivity index (χ0v) is 19.1. The molecule has 2 N–H and O–H groups in total. The van der Waals surface area contributed by atoms with E-state index in [1.807, 2.05) is 19.1 Å². The number of rotatable bonds is 7. The second-order valence-electron chi connectivity index (χ2n) is 6.85. The number of anilines is 2. The molecule has 0 aromatic heterocycles. The molecule has 0 radical (unpaired) electrons. The van der Waals surface area contributed by atoms with E-state index in [2.05, 4.69) is 10.0 Å². The van der Waals surface area contributed by atoms with Gasteiger partial charge in [-0.25, -0.2) is 8.42 Å². The van der Waals surface area contributed by atoms with Crippen molar-refractivity contribution in [3.8, 4) is 5.75 Å². The van der Waals surface area contributed by atoms with Crippen LogP contribution in [0.2, 0.25) is 10.0 Å². The Kier molecular flexibility index (Phi) is 7.10. The molecule has 0 fully saturated rings. The van der Waals surface area contributed by atoms with E-state index in [0.29, 0.717) is 21.5 Å². The topological polar surface area (TPSA) is 84.5 Å². The molecule has 0 saturated carbocycles. The van der Waals surface area contributed by atoms with Crippen molar-refractivity contribution in [3.05, 3.63) is 82.3 Å². The van der Waals surface area contributed by atoms with Gasteiger partial charge in [0.2, 0.25) is 0 Å². The van der Waals surface area contributed by atoms with Gasteiger partial charge in [0.1, 0.15) is 5.75 Å². The molecule has 3 rings (SSSR count). The first kappa shape index (κ1) is 22.9. The van der Waals surface area contributed by atoms with Crippen LogP contribution in [-0.4, -0.2) is 20.4 Å². The van der Waals surface area contributed by atoms with Crippen LogP contribution in [0.3, 0.4) is 0 Å². The maximum absolute atomic E-state index is 12.6. The van der Waals surface area contributed by atoms with E-state index in [-0.39, 0.29) is 16.5 Å². The van der Waals surface area contributed by atoms with Crippen molar-refractivity contribution in [2.75, 3.05) is 10.0 Å². The quantitative estimate of drug-likeness (QED) is 0.468. The van der Waals surface area contributed by atoms with Gasteiger partial charge in [0, 0.05) is 15.7 Å². The molecule has 0 aliphatic rings. The smallest absolute Gasteiger partial charge is 0.265 e. The highest BCUT2D eigenvalue weighted by molar-refractivity contribution is 7.92.